The first-order chi connectivity index (χ1) is 8.15. The van der Waals surface area contributed by atoms with Gasteiger partial charge >= 0.3 is 0 Å². The fraction of sp³-hybridized carbons (Fsp3) is 0.462. The minimum atomic E-state index is 0.00171. The van der Waals surface area contributed by atoms with E-state index in [-0.39, 0.29) is 18.6 Å². The highest BCUT2D eigenvalue weighted by Gasteiger charge is 2.13. The second kappa shape index (κ2) is 7.25. The van der Waals surface area contributed by atoms with E-state index in [2.05, 4.69) is 0 Å². The molecular formula is C13H19NO2S. The first-order valence-electron chi connectivity index (χ1n) is 5.78. The molecule has 1 heterocycles. The third-order valence-corrected chi connectivity index (χ3v) is 3.23. The molecule has 3 nitrogen and oxygen atoms in total. The molecule has 0 atom stereocenters. The fourth-order valence-electron chi connectivity index (χ4n) is 1.50. The number of aliphatic hydroxyl groups is 1. The average molecular weight is 253 g/mol. The van der Waals surface area contributed by atoms with Crippen molar-refractivity contribution in [1.82, 2.24) is 4.90 Å². The molecule has 0 aromatic carbocycles. The lowest BCUT2D eigenvalue weighted by Crippen LogP contribution is -2.36. The number of amides is 1. The molecule has 0 saturated heterocycles. The zero-order chi connectivity index (χ0) is 12.7. The second-order valence-corrected chi connectivity index (χ2v) is 5.03. The van der Waals surface area contributed by atoms with Gasteiger partial charge in [-0.3, -0.25) is 4.79 Å². The first kappa shape index (κ1) is 13.9. The van der Waals surface area contributed by atoms with Gasteiger partial charge in [-0.05, 0) is 37.8 Å². The van der Waals surface area contributed by atoms with E-state index in [1.165, 1.54) is 0 Å². The van der Waals surface area contributed by atoms with Gasteiger partial charge in [-0.25, -0.2) is 0 Å². The fourth-order valence-corrected chi connectivity index (χ4v) is 2.12. The number of nitrogens with zero attached hydrogens (tertiary/aromatic N) is 1. The summed E-state index contributed by atoms with van der Waals surface area (Å²) in [5, 5.41) is 10.8. The Balaban J connectivity index is 2.58. The number of rotatable bonds is 6. The topological polar surface area (TPSA) is 40.5 Å². The molecule has 1 aromatic heterocycles. The minimum absolute atomic E-state index is 0.00171. The van der Waals surface area contributed by atoms with E-state index in [1.54, 1.807) is 22.3 Å². The van der Waals surface area contributed by atoms with Crippen LogP contribution in [-0.4, -0.2) is 35.1 Å². The molecule has 94 valence electrons. The predicted octanol–water partition coefficient (Wildman–Crippen LogP) is 2.38. The highest BCUT2D eigenvalue weighted by molar-refractivity contribution is 7.10. The van der Waals surface area contributed by atoms with Crippen molar-refractivity contribution >= 4 is 23.3 Å². The summed E-state index contributed by atoms with van der Waals surface area (Å²) in [5.74, 6) is 0.00171. The molecule has 0 radical (unpaired) electrons. The van der Waals surface area contributed by atoms with Crippen molar-refractivity contribution in [3.05, 3.63) is 28.5 Å². The Kier molecular flexibility index (Phi) is 5.94. The lowest BCUT2D eigenvalue weighted by molar-refractivity contribution is -0.127. The molecule has 0 spiro atoms. The average Bonchev–Trinajstić information content (AvgIpc) is 2.79. The SMILES string of the molecule is CC(C)N(CCCO)C(=O)/C=C/c1cccs1. The van der Waals surface area contributed by atoms with Gasteiger partial charge in [0.15, 0.2) is 0 Å². The third kappa shape index (κ3) is 4.71. The summed E-state index contributed by atoms with van der Waals surface area (Å²) in [6, 6.07) is 4.09. The van der Waals surface area contributed by atoms with Gasteiger partial charge in [-0.1, -0.05) is 6.07 Å². The van der Waals surface area contributed by atoms with Crippen molar-refractivity contribution < 1.29 is 9.90 Å². The monoisotopic (exact) mass is 253 g/mol. The summed E-state index contributed by atoms with van der Waals surface area (Å²) >= 11 is 1.61. The van der Waals surface area contributed by atoms with Gasteiger partial charge in [0.1, 0.15) is 0 Å². The Morgan fingerprint density at radius 2 is 2.35 bits per heavy atom. The maximum Gasteiger partial charge on any atom is 0.246 e. The van der Waals surface area contributed by atoms with Gasteiger partial charge in [-0.15, -0.1) is 11.3 Å². The molecule has 0 aliphatic carbocycles. The third-order valence-electron chi connectivity index (χ3n) is 2.40. The highest BCUT2D eigenvalue weighted by atomic mass is 32.1. The number of hydrogen-bond donors (Lipinski definition) is 1. The molecule has 0 saturated carbocycles. The number of carbonyl (C=O) groups is 1. The van der Waals surface area contributed by atoms with Crippen LogP contribution in [0.15, 0.2) is 23.6 Å². The Morgan fingerprint density at radius 3 is 2.88 bits per heavy atom. The van der Waals surface area contributed by atoms with Crippen LogP contribution < -0.4 is 0 Å². The van der Waals surface area contributed by atoms with Crippen LogP contribution in [0.25, 0.3) is 6.08 Å². The smallest absolute Gasteiger partial charge is 0.246 e. The number of hydrogen-bond acceptors (Lipinski definition) is 3. The number of aliphatic hydroxyl groups excluding tert-OH is 1. The van der Waals surface area contributed by atoms with E-state index < -0.39 is 0 Å². The molecule has 1 rings (SSSR count). The standard InChI is InChI=1S/C13H19NO2S/c1-11(2)14(8-4-9-15)13(16)7-6-12-5-3-10-17-12/h3,5-7,10-11,15H,4,8-9H2,1-2H3/b7-6+. The zero-order valence-corrected chi connectivity index (χ0v) is 11.1. The van der Waals surface area contributed by atoms with Crippen molar-refractivity contribution in [2.24, 2.45) is 0 Å². The summed E-state index contributed by atoms with van der Waals surface area (Å²) < 4.78 is 0. The quantitative estimate of drug-likeness (QED) is 0.791. The van der Waals surface area contributed by atoms with Crippen LogP contribution in [-0.2, 0) is 4.79 Å². The van der Waals surface area contributed by atoms with Crippen LogP contribution in [0.4, 0.5) is 0 Å². The Hall–Kier alpha value is -1.13. The zero-order valence-electron chi connectivity index (χ0n) is 10.3. The second-order valence-electron chi connectivity index (χ2n) is 4.05. The van der Waals surface area contributed by atoms with Crippen molar-refractivity contribution in [2.45, 2.75) is 26.3 Å². The molecule has 0 aliphatic rings. The lowest BCUT2D eigenvalue weighted by Gasteiger charge is -2.25. The molecule has 17 heavy (non-hydrogen) atoms. The molecule has 0 fully saturated rings. The van der Waals surface area contributed by atoms with Gasteiger partial charge in [0.2, 0.25) is 5.91 Å². The van der Waals surface area contributed by atoms with Crippen molar-refractivity contribution in [2.75, 3.05) is 13.2 Å². The van der Waals surface area contributed by atoms with Crippen LogP contribution in [0.1, 0.15) is 25.1 Å². The summed E-state index contributed by atoms with van der Waals surface area (Å²) in [7, 11) is 0. The van der Waals surface area contributed by atoms with E-state index in [4.69, 9.17) is 5.11 Å². The number of carbonyl (C=O) groups excluding carboxylic acids is 1. The molecular weight excluding hydrogens is 234 g/mol. The van der Waals surface area contributed by atoms with Crippen molar-refractivity contribution in [3.63, 3.8) is 0 Å². The Morgan fingerprint density at radius 1 is 1.59 bits per heavy atom. The largest absolute Gasteiger partial charge is 0.396 e. The van der Waals surface area contributed by atoms with Gasteiger partial charge in [-0.2, -0.15) is 0 Å². The summed E-state index contributed by atoms with van der Waals surface area (Å²) in [5.41, 5.74) is 0. The highest BCUT2D eigenvalue weighted by Crippen LogP contribution is 2.11. The van der Waals surface area contributed by atoms with Crippen molar-refractivity contribution in [3.8, 4) is 0 Å². The number of thiophene rings is 1. The van der Waals surface area contributed by atoms with E-state index in [0.717, 1.165) is 4.88 Å². The van der Waals surface area contributed by atoms with Gasteiger partial charge < -0.3 is 10.0 Å². The van der Waals surface area contributed by atoms with Crippen LogP contribution in [0.3, 0.4) is 0 Å². The molecule has 0 bridgehead atoms. The first-order valence-corrected chi connectivity index (χ1v) is 6.66. The van der Waals surface area contributed by atoms with E-state index in [9.17, 15) is 4.79 Å². The molecule has 0 aliphatic heterocycles. The summed E-state index contributed by atoms with van der Waals surface area (Å²) in [6.45, 7) is 4.68. The van der Waals surface area contributed by atoms with Crippen LogP contribution >= 0.6 is 11.3 Å². The van der Waals surface area contributed by atoms with Gasteiger partial charge in [0, 0.05) is 30.1 Å². The Bertz CT molecular complexity index is 358. The van der Waals surface area contributed by atoms with E-state index in [0.29, 0.717) is 13.0 Å². The molecule has 1 amide bonds. The normalized spacial score (nSPS) is 11.3. The molecule has 1 N–H and O–H groups in total. The predicted molar refractivity (Wildman–Crippen MR) is 71.9 cm³/mol. The van der Waals surface area contributed by atoms with Gasteiger partial charge in [0.05, 0.1) is 0 Å². The van der Waals surface area contributed by atoms with Crippen LogP contribution in [0.2, 0.25) is 0 Å². The maximum absolute atomic E-state index is 11.9. The van der Waals surface area contributed by atoms with Crippen molar-refractivity contribution in [1.29, 1.82) is 0 Å². The van der Waals surface area contributed by atoms with E-state index in [1.807, 2.05) is 37.4 Å². The molecule has 0 unspecified atom stereocenters. The summed E-state index contributed by atoms with van der Waals surface area (Å²) in [4.78, 5) is 14.8. The maximum atomic E-state index is 11.9. The molecule has 1 aromatic rings. The lowest BCUT2D eigenvalue weighted by atomic mass is 10.2. The molecule has 4 heteroatoms. The van der Waals surface area contributed by atoms with Gasteiger partial charge in [0.25, 0.3) is 0 Å². The van der Waals surface area contributed by atoms with Crippen LogP contribution in [0.5, 0.6) is 0 Å². The Labute approximate surface area is 106 Å². The summed E-state index contributed by atoms with van der Waals surface area (Å²) in [6.07, 6.45) is 4.06. The minimum Gasteiger partial charge on any atom is -0.396 e. The van der Waals surface area contributed by atoms with Crippen LogP contribution in [0, 0.1) is 0 Å². The van der Waals surface area contributed by atoms with E-state index >= 15 is 0 Å².